The molecule has 12 heteroatoms. The standard InChI is InChI=1S/C19H25F3N6O2.HI/c1-23-18(28(2)12-13-30-15-6-4-14(29-3)5-7-15)26-11-10-25-17-24-9-8-16(27-17)19(20,21)22;/h4-9H,10-13H2,1-3H3,(H,23,26)(H,24,25,27);1H. The molecule has 0 aliphatic heterocycles. The number of methoxy groups -OCH3 is 1. The maximum absolute atomic E-state index is 12.7. The van der Waals surface area contributed by atoms with E-state index in [0.717, 1.165) is 23.8 Å². The molecule has 0 unspecified atom stereocenters. The molecule has 1 aromatic carbocycles. The van der Waals surface area contributed by atoms with E-state index >= 15 is 0 Å². The summed E-state index contributed by atoms with van der Waals surface area (Å²) in [6.45, 7) is 1.75. The molecule has 0 saturated heterocycles. The molecule has 0 fully saturated rings. The Morgan fingerprint density at radius 2 is 1.81 bits per heavy atom. The van der Waals surface area contributed by atoms with Crippen molar-refractivity contribution in [2.24, 2.45) is 4.99 Å². The van der Waals surface area contributed by atoms with Crippen LogP contribution in [0.4, 0.5) is 19.1 Å². The summed E-state index contributed by atoms with van der Waals surface area (Å²) in [5.41, 5.74) is -0.986. The van der Waals surface area contributed by atoms with Gasteiger partial charge in [-0.1, -0.05) is 0 Å². The van der Waals surface area contributed by atoms with Crippen LogP contribution < -0.4 is 20.1 Å². The van der Waals surface area contributed by atoms with Gasteiger partial charge < -0.3 is 25.0 Å². The van der Waals surface area contributed by atoms with E-state index in [9.17, 15) is 13.2 Å². The highest BCUT2D eigenvalue weighted by Crippen LogP contribution is 2.27. The van der Waals surface area contributed by atoms with Crippen LogP contribution in [0.15, 0.2) is 41.5 Å². The lowest BCUT2D eigenvalue weighted by atomic mass is 10.3. The monoisotopic (exact) mass is 554 g/mol. The van der Waals surface area contributed by atoms with Gasteiger partial charge in [-0.3, -0.25) is 4.99 Å². The van der Waals surface area contributed by atoms with E-state index in [0.29, 0.717) is 32.2 Å². The van der Waals surface area contributed by atoms with Crippen molar-refractivity contribution in [1.29, 1.82) is 0 Å². The molecule has 0 aliphatic rings. The number of likely N-dealkylation sites (N-methyl/N-ethyl adjacent to an activating group) is 1. The molecule has 0 bridgehead atoms. The molecule has 2 N–H and O–H groups in total. The summed E-state index contributed by atoms with van der Waals surface area (Å²) in [6, 6.07) is 8.12. The number of nitrogens with one attached hydrogen (secondary N) is 2. The number of nitrogens with zero attached hydrogens (tertiary/aromatic N) is 4. The number of hydrogen-bond donors (Lipinski definition) is 2. The number of guanidine groups is 1. The predicted octanol–water partition coefficient (Wildman–Crippen LogP) is 3.12. The van der Waals surface area contributed by atoms with Crippen LogP contribution >= 0.6 is 24.0 Å². The Balaban J connectivity index is 0.00000480. The maximum atomic E-state index is 12.7. The summed E-state index contributed by atoms with van der Waals surface area (Å²) in [4.78, 5) is 13.3. The largest absolute Gasteiger partial charge is 0.497 e. The van der Waals surface area contributed by atoms with Crippen molar-refractivity contribution in [3.8, 4) is 11.5 Å². The zero-order valence-corrected chi connectivity index (χ0v) is 19.8. The maximum Gasteiger partial charge on any atom is 0.433 e. The minimum absolute atomic E-state index is 0. The van der Waals surface area contributed by atoms with Gasteiger partial charge in [0, 0.05) is 33.4 Å². The number of benzene rings is 1. The molecule has 0 saturated carbocycles. The molecule has 172 valence electrons. The van der Waals surface area contributed by atoms with Crippen LogP contribution in [0.1, 0.15) is 5.69 Å². The Hall–Kier alpha value is -2.51. The fraction of sp³-hybridized carbons (Fsp3) is 0.421. The van der Waals surface area contributed by atoms with Crippen LogP contribution in [0.25, 0.3) is 0 Å². The van der Waals surface area contributed by atoms with E-state index in [1.54, 1.807) is 14.2 Å². The van der Waals surface area contributed by atoms with Crippen LogP contribution in [0.3, 0.4) is 0 Å². The normalized spacial score (nSPS) is 11.4. The molecule has 2 rings (SSSR count). The lowest BCUT2D eigenvalue weighted by Gasteiger charge is -2.22. The molecule has 0 radical (unpaired) electrons. The average Bonchev–Trinajstić information content (AvgIpc) is 2.74. The summed E-state index contributed by atoms with van der Waals surface area (Å²) >= 11 is 0. The Bertz CT molecular complexity index is 821. The van der Waals surface area contributed by atoms with Gasteiger partial charge in [0.25, 0.3) is 0 Å². The van der Waals surface area contributed by atoms with Crippen molar-refractivity contribution in [2.75, 3.05) is 52.8 Å². The second-order valence-corrected chi connectivity index (χ2v) is 6.11. The first-order chi connectivity index (χ1) is 14.3. The predicted molar refractivity (Wildman–Crippen MR) is 123 cm³/mol. The summed E-state index contributed by atoms with van der Waals surface area (Å²) in [5.74, 6) is 2.04. The topological polar surface area (TPSA) is 83.9 Å². The van der Waals surface area contributed by atoms with E-state index in [2.05, 4.69) is 25.6 Å². The molecule has 0 aliphatic carbocycles. The number of hydrogen-bond acceptors (Lipinski definition) is 6. The Morgan fingerprint density at radius 3 is 2.42 bits per heavy atom. The fourth-order valence-electron chi connectivity index (χ4n) is 2.41. The van der Waals surface area contributed by atoms with Crippen molar-refractivity contribution in [3.05, 3.63) is 42.2 Å². The number of alkyl halides is 3. The molecule has 2 aromatic rings. The zero-order chi connectivity index (χ0) is 22.0. The first-order valence-electron chi connectivity index (χ1n) is 9.16. The molecule has 1 aromatic heterocycles. The zero-order valence-electron chi connectivity index (χ0n) is 17.4. The highest BCUT2D eigenvalue weighted by atomic mass is 127. The number of aromatic nitrogens is 2. The van der Waals surface area contributed by atoms with Crippen molar-refractivity contribution in [1.82, 2.24) is 20.2 Å². The third-order valence-electron chi connectivity index (χ3n) is 3.97. The summed E-state index contributed by atoms with van der Waals surface area (Å²) in [6.07, 6.45) is -3.43. The van der Waals surface area contributed by atoms with Gasteiger partial charge >= 0.3 is 6.18 Å². The number of anilines is 1. The first kappa shape index (κ1) is 26.5. The lowest BCUT2D eigenvalue weighted by molar-refractivity contribution is -0.141. The van der Waals surface area contributed by atoms with Crippen LogP contribution in [-0.2, 0) is 6.18 Å². The quantitative estimate of drug-likeness (QED) is 0.213. The highest BCUT2D eigenvalue weighted by Gasteiger charge is 2.32. The Kier molecular flexibility index (Phi) is 11.1. The molecule has 31 heavy (non-hydrogen) atoms. The second-order valence-electron chi connectivity index (χ2n) is 6.11. The van der Waals surface area contributed by atoms with Gasteiger partial charge in [-0.2, -0.15) is 13.2 Å². The SMILES string of the molecule is CN=C(NCCNc1nccc(C(F)(F)F)n1)N(C)CCOc1ccc(OC)cc1.I. The van der Waals surface area contributed by atoms with Gasteiger partial charge in [0.15, 0.2) is 5.96 Å². The van der Waals surface area contributed by atoms with Crippen LogP contribution in [-0.4, -0.2) is 68.3 Å². The molecule has 1 heterocycles. The van der Waals surface area contributed by atoms with Gasteiger partial charge in [0.05, 0.1) is 13.7 Å². The summed E-state index contributed by atoms with van der Waals surface area (Å²) in [5, 5.41) is 5.87. The van der Waals surface area contributed by atoms with Gasteiger partial charge in [0.1, 0.15) is 23.8 Å². The van der Waals surface area contributed by atoms with Crippen molar-refractivity contribution in [2.45, 2.75) is 6.18 Å². The van der Waals surface area contributed by atoms with E-state index in [4.69, 9.17) is 9.47 Å². The third kappa shape index (κ3) is 9.02. The smallest absolute Gasteiger partial charge is 0.433 e. The van der Waals surface area contributed by atoms with E-state index in [-0.39, 0.29) is 29.9 Å². The van der Waals surface area contributed by atoms with Gasteiger partial charge in [-0.15, -0.1) is 24.0 Å². The fourth-order valence-corrected chi connectivity index (χ4v) is 2.41. The molecule has 0 amide bonds. The van der Waals surface area contributed by atoms with Crippen LogP contribution in [0, 0.1) is 0 Å². The van der Waals surface area contributed by atoms with Gasteiger partial charge in [-0.05, 0) is 30.3 Å². The van der Waals surface area contributed by atoms with Crippen LogP contribution in [0.5, 0.6) is 11.5 Å². The van der Waals surface area contributed by atoms with Crippen molar-refractivity contribution < 1.29 is 22.6 Å². The molecule has 0 atom stereocenters. The van der Waals surface area contributed by atoms with Gasteiger partial charge in [-0.25, -0.2) is 9.97 Å². The highest BCUT2D eigenvalue weighted by molar-refractivity contribution is 14.0. The van der Waals surface area contributed by atoms with E-state index < -0.39 is 11.9 Å². The van der Waals surface area contributed by atoms with Crippen LogP contribution in [0.2, 0.25) is 0 Å². The van der Waals surface area contributed by atoms with E-state index in [1.807, 2.05) is 36.2 Å². The molecular weight excluding hydrogens is 528 g/mol. The number of ether oxygens (including phenoxy) is 2. The Labute approximate surface area is 196 Å². The summed E-state index contributed by atoms with van der Waals surface area (Å²) < 4.78 is 48.8. The number of rotatable bonds is 9. The molecular formula is C19H26F3IN6O2. The third-order valence-corrected chi connectivity index (χ3v) is 3.97. The average molecular weight is 554 g/mol. The van der Waals surface area contributed by atoms with E-state index in [1.165, 1.54) is 0 Å². The first-order valence-corrected chi connectivity index (χ1v) is 9.16. The van der Waals surface area contributed by atoms with Crippen molar-refractivity contribution >= 4 is 35.9 Å². The minimum atomic E-state index is -4.50. The minimum Gasteiger partial charge on any atom is -0.497 e. The second kappa shape index (κ2) is 13.0. The lowest BCUT2D eigenvalue weighted by Crippen LogP contribution is -2.42. The van der Waals surface area contributed by atoms with Gasteiger partial charge in [0.2, 0.25) is 5.95 Å². The Morgan fingerprint density at radius 1 is 1.13 bits per heavy atom. The van der Waals surface area contributed by atoms with Crippen molar-refractivity contribution in [3.63, 3.8) is 0 Å². The summed E-state index contributed by atoms with van der Waals surface area (Å²) in [7, 11) is 5.11. The molecule has 8 nitrogen and oxygen atoms in total. The number of halogens is 4. The number of aliphatic imine (C=N–C) groups is 1. The molecule has 0 spiro atoms.